The molecule has 1 atom stereocenters. The molecule has 0 aliphatic carbocycles. The summed E-state index contributed by atoms with van der Waals surface area (Å²) in [5.41, 5.74) is 7.06. The average molecular weight is 249 g/mol. The van der Waals surface area contributed by atoms with Crippen LogP contribution in [0.3, 0.4) is 0 Å². The van der Waals surface area contributed by atoms with Crippen molar-refractivity contribution in [3.63, 3.8) is 0 Å². The molecule has 0 aliphatic rings. The summed E-state index contributed by atoms with van der Waals surface area (Å²) in [6.45, 7) is 0.951. The van der Waals surface area contributed by atoms with E-state index in [1.165, 1.54) is 12.1 Å². The van der Waals surface area contributed by atoms with Gasteiger partial charge in [-0.3, -0.25) is 0 Å². The number of rotatable bonds is 3. The monoisotopic (exact) mass is 249 g/mol. The maximum Gasteiger partial charge on any atom is 0.144 e. The molecule has 94 valence electrons. The van der Waals surface area contributed by atoms with Gasteiger partial charge in [-0.1, -0.05) is 6.07 Å². The van der Waals surface area contributed by atoms with Gasteiger partial charge in [-0.2, -0.15) is 0 Å². The zero-order valence-corrected chi connectivity index (χ0v) is 9.90. The third kappa shape index (κ3) is 2.51. The molecule has 0 saturated heterocycles. The largest absolute Gasteiger partial charge is 0.322 e. The summed E-state index contributed by atoms with van der Waals surface area (Å²) >= 11 is 0. The highest BCUT2D eigenvalue weighted by atomic mass is 19.1. The van der Waals surface area contributed by atoms with Crippen molar-refractivity contribution in [1.82, 2.24) is 9.97 Å². The summed E-state index contributed by atoms with van der Waals surface area (Å²) in [7, 11) is 0. The molecule has 5 heteroatoms. The smallest absolute Gasteiger partial charge is 0.144 e. The summed E-state index contributed by atoms with van der Waals surface area (Å²) in [4.78, 5) is 8.22. The van der Waals surface area contributed by atoms with Gasteiger partial charge in [0.15, 0.2) is 0 Å². The van der Waals surface area contributed by atoms with Gasteiger partial charge in [-0.25, -0.2) is 18.7 Å². The number of benzene rings is 1. The van der Waals surface area contributed by atoms with Crippen LogP contribution in [0.2, 0.25) is 0 Å². The van der Waals surface area contributed by atoms with Gasteiger partial charge in [0.2, 0.25) is 0 Å². The summed E-state index contributed by atoms with van der Waals surface area (Å²) in [6, 6.07) is 4.02. The molecule has 2 aromatic rings. The first kappa shape index (κ1) is 12.6. The molecule has 0 fully saturated rings. The minimum Gasteiger partial charge on any atom is -0.322 e. The predicted octanol–water partition coefficient (Wildman–Crippen LogP) is 2.77. The first-order valence-corrected chi connectivity index (χ1v) is 5.54. The molecular weight excluding hydrogens is 236 g/mol. The van der Waals surface area contributed by atoms with E-state index in [-0.39, 0.29) is 11.6 Å². The molecular formula is C13H13F2N3. The van der Waals surface area contributed by atoms with Crippen LogP contribution in [0.15, 0.2) is 30.6 Å². The van der Waals surface area contributed by atoms with E-state index in [1.807, 2.05) is 0 Å². The van der Waals surface area contributed by atoms with Crippen LogP contribution in [-0.2, 0) is 6.67 Å². The van der Waals surface area contributed by atoms with E-state index in [1.54, 1.807) is 25.4 Å². The van der Waals surface area contributed by atoms with Crippen LogP contribution in [0, 0.1) is 5.82 Å². The molecule has 0 bridgehead atoms. The molecule has 1 unspecified atom stereocenters. The summed E-state index contributed by atoms with van der Waals surface area (Å²) in [6.07, 6.45) is 3.20. The van der Waals surface area contributed by atoms with Crippen molar-refractivity contribution >= 4 is 0 Å². The average Bonchev–Trinajstić information content (AvgIpc) is 2.39. The highest BCUT2D eigenvalue weighted by Gasteiger charge is 2.07. The molecule has 18 heavy (non-hydrogen) atoms. The zero-order valence-electron chi connectivity index (χ0n) is 9.90. The quantitative estimate of drug-likeness (QED) is 0.910. The molecule has 3 nitrogen and oxygen atoms in total. The Morgan fingerprint density at radius 2 is 1.89 bits per heavy atom. The molecule has 0 aliphatic heterocycles. The molecule has 1 aromatic heterocycles. The molecule has 0 spiro atoms. The van der Waals surface area contributed by atoms with E-state index in [2.05, 4.69) is 9.97 Å². The number of nitrogens with zero attached hydrogens (tertiary/aromatic N) is 2. The third-order valence-corrected chi connectivity index (χ3v) is 2.60. The Bertz CT molecular complexity index is 538. The lowest BCUT2D eigenvalue weighted by atomic mass is 10.1. The Hall–Kier alpha value is -1.88. The van der Waals surface area contributed by atoms with Crippen LogP contribution in [0.1, 0.15) is 24.4 Å². The van der Waals surface area contributed by atoms with Crippen molar-refractivity contribution in [2.45, 2.75) is 19.6 Å². The first-order chi connectivity index (χ1) is 8.61. The van der Waals surface area contributed by atoms with Crippen LogP contribution < -0.4 is 5.73 Å². The van der Waals surface area contributed by atoms with E-state index >= 15 is 0 Å². The van der Waals surface area contributed by atoms with Crippen LogP contribution in [0.4, 0.5) is 8.78 Å². The fraction of sp³-hybridized carbons (Fsp3) is 0.231. The molecule has 1 heterocycles. The van der Waals surface area contributed by atoms with Crippen molar-refractivity contribution < 1.29 is 8.78 Å². The highest BCUT2D eigenvalue weighted by molar-refractivity contribution is 5.62. The van der Waals surface area contributed by atoms with E-state index < -0.39 is 12.5 Å². The van der Waals surface area contributed by atoms with Gasteiger partial charge in [0, 0.05) is 23.5 Å². The van der Waals surface area contributed by atoms with Gasteiger partial charge in [-0.05, 0) is 24.6 Å². The third-order valence-electron chi connectivity index (χ3n) is 2.60. The van der Waals surface area contributed by atoms with E-state index in [0.29, 0.717) is 17.0 Å². The Morgan fingerprint density at radius 1 is 1.22 bits per heavy atom. The van der Waals surface area contributed by atoms with Crippen molar-refractivity contribution in [2.24, 2.45) is 5.73 Å². The van der Waals surface area contributed by atoms with Crippen molar-refractivity contribution in [1.29, 1.82) is 0 Å². The van der Waals surface area contributed by atoms with Crippen LogP contribution in [-0.4, -0.2) is 9.97 Å². The molecule has 0 radical (unpaired) electrons. The summed E-state index contributed by atoms with van der Waals surface area (Å²) in [5.74, 6) is -0.0130. The standard InChI is InChI=1S/C13H13F2N3/c1-8(16)13-17-6-11(7-18-13)9-2-3-12(15)10(4-9)5-14/h2-4,6-8H,5,16H2,1H3. The van der Waals surface area contributed by atoms with Crippen molar-refractivity contribution in [3.8, 4) is 11.1 Å². The molecule has 0 saturated carbocycles. The van der Waals surface area contributed by atoms with Gasteiger partial charge in [0.25, 0.3) is 0 Å². The Labute approximate surface area is 104 Å². The predicted molar refractivity (Wildman–Crippen MR) is 64.8 cm³/mol. The van der Waals surface area contributed by atoms with Gasteiger partial charge >= 0.3 is 0 Å². The lowest BCUT2D eigenvalue weighted by Gasteiger charge is -2.06. The fourth-order valence-electron chi connectivity index (χ4n) is 1.58. The van der Waals surface area contributed by atoms with Crippen molar-refractivity contribution in [3.05, 3.63) is 47.8 Å². The van der Waals surface area contributed by atoms with Gasteiger partial charge < -0.3 is 5.73 Å². The number of hydrogen-bond donors (Lipinski definition) is 1. The number of aromatic nitrogens is 2. The zero-order chi connectivity index (χ0) is 13.1. The van der Waals surface area contributed by atoms with E-state index in [9.17, 15) is 8.78 Å². The van der Waals surface area contributed by atoms with Crippen molar-refractivity contribution in [2.75, 3.05) is 0 Å². The molecule has 2 N–H and O–H groups in total. The van der Waals surface area contributed by atoms with Gasteiger partial charge in [0.05, 0.1) is 6.04 Å². The number of hydrogen-bond acceptors (Lipinski definition) is 3. The SMILES string of the molecule is CC(N)c1ncc(-c2ccc(F)c(CF)c2)cn1. The van der Waals surface area contributed by atoms with Crippen LogP contribution in [0.25, 0.3) is 11.1 Å². The maximum absolute atomic E-state index is 13.2. The molecule has 1 aromatic carbocycles. The van der Waals surface area contributed by atoms with Gasteiger partial charge in [0.1, 0.15) is 18.3 Å². The number of nitrogens with two attached hydrogens (primary N) is 1. The van der Waals surface area contributed by atoms with E-state index in [0.717, 1.165) is 0 Å². The van der Waals surface area contributed by atoms with Crippen LogP contribution >= 0.6 is 0 Å². The number of alkyl halides is 1. The Morgan fingerprint density at radius 3 is 2.44 bits per heavy atom. The highest BCUT2D eigenvalue weighted by Crippen LogP contribution is 2.21. The fourth-order valence-corrected chi connectivity index (χ4v) is 1.58. The second-order valence-corrected chi connectivity index (χ2v) is 4.06. The van der Waals surface area contributed by atoms with E-state index in [4.69, 9.17) is 5.73 Å². The minimum absolute atomic E-state index is 0.0313. The molecule has 2 rings (SSSR count). The lowest BCUT2D eigenvalue weighted by Crippen LogP contribution is -2.09. The summed E-state index contributed by atoms with van der Waals surface area (Å²) in [5, 5.41) is 0. The first-order valence-electron chi connectivity index (χ1n) is 5.54. The van der Waals surface area contributed by atoms with Gasteiger partial charge in [-0.15, -0.1) is 0 Å². The minimum atomic E-state index is -0.835. The second kappa shape index (κ2) is 5.18. The van der Waals surface area contributed by atoms with Crippen LogP contribution in [0.5, 0.6) is 0 Å². The topological polar surface area (TPSA) is 51.8 Å². The lowest BCUT2D eigenvalue weighted by molar-refractivity contribution is 0.464. The second-order valence-electron chi connectivity index (χ2n) is 4.06. The Balaban J connectivity index is 2.36. The maximum atomic E-state index is 13.2. The normalized spacial score (nSPS) is 12.4. The number of halogens is 2. The summed E-state index contributed by atoms with van der Waals surface area (Å²) < 4.78 is 25.7. The Kier molecular flexibility index (Phi) is 3.62. The molecule has 0 amide bonds.